The summed E-state index contributed by atoms with van der Waals surface area (Å²) in [6.45, 7) is 1.91. The Morgan fingerprint density at radius 1 is 1.23 bits per heavy atom. The lowest BCUT2D eigenvalue weighted by atomic mass is 10.1. The molecule has 0 atom stereocenters. The first kappa shape index (κ1) is 16.0. The number of hydrogen-bond donors (Lipinski definition) is 2. The number of phenolic OH excluding ortho intramolecular Hbond substituents is 1. The molecule has 0 fully saturated rings. The molecule has 2 N–H and O–H groups in total. The van der Waals surface area contributed by atoms with Crippen LogP contribution in [0.5, 0.6) is 5.75 Å². The van der Waals surface area contributed by atoms with Crippen molar-refractivity contribution >= 4 is 33.5 Å². The molecule has 0 saturated heterocycles. The van der Waals surface area contributed by atoms with Crippen LogP contribution in [0, 0.1) is 6.92 Å². The van der Waals surface area contributed by atoms with Crippen LogP contribution in [0.1, 0.15) is 26.3 Å². The van der Waals surface area contributed by atoms with E-state index in [9.17, 15) is 14.7 Å². The molecule has 0 spiro atoms. The maximum atomic E-state index is 12.2. The number of phenols is 1. The van der Waals surface area contributed by atoms with Crippen molar-refractivity contribution in [1.29, 1.82) is 0 Å². The van der Waals surface area contributed by atoms with Crippen LogP contribution in [-0.4, -0.2) is 24.1 Å². The Kier molecular flexibility index (Phi) is 4.82. The topological polar surface area (TPSA) is 75.6 Å². The fraction of sp³-hybridized carbons (Fsp3) is 0.125. The third-order valence-electron chi connectivity index (χ3n) is 3.12. The molecule has 0 heterocycles. The zero-order valence-electron chi connectivity index (χ0n) is 12.0. The van der Waals surface area contributed by atoms with Crippen molar-refractivity contribution in [1.82, 2.24) is 0 Å². The van der Waals surface area contributed by atoms with Gasteiger partial charge in [-0.25, -0.2) is 4.79 Å². The molecule has 1 amide bonds. The summed E-state index contributed by atoms with van der Waals surface area (Å²) in [7, 11) is 1.22. The monoisotopic (exact) mass is 363 g/mol. The van der Waals surface area contributed by atoms with Gasteiger partial charge in [-0.3, -0.25) is 4.79 Å². The lowest BCUT2D eigenvalue weighted by Crippen LogP contribution is -2.13. The van der Waals surface area contributed by atoms with E-state index in [2.05, 4.69) is 26.0 Å². The van der Waals surface area contributed by atoms with E-state index >= 15 is 0 Å². The lowest BCUT2D eigenvalue weighted by Gasteiger charge is -2.10. The molecule has 6 heteroatoms. The highest BCUT2D eigenvalue weighted by molar-refractivity contribution is 9.10. The minimum atomic E-state index is -0.674. The number of para-hydroxylation sites is 1. The van der Waals surface area contributed by atoms with Crippen LogP contribution in [0.3, 0.4) is 0 Å². The third kappa shape index (κ3) is 3.28. The smallest absolute Gasteiger partial charge is 0.341 e. The van der Waals surface area contributed by atoms with E-state index in [1.54, 1.807) is 18.2 Å². The maximum Gasteiger partial charge on any atom is 0.341 e. The summed E-state index contributed by atoms with van der Waals surface area (Å²) in [6.07, 6.45) is 0. The number of ether oxygens (including phenoxy) is 1. The minimum Gasteiger partial charge on any atom is -0.505 e. The number of esters is 1. The highest BCUT2D eigenvalue weighted by atomic mass is 79.9. The largest absolute Gasteiger partial charge is 0.505 e. The highest BCUT2D eigenvalue weighted by Gasteiger charge is 2.16. The molecule has 0 aliphatic rings. The molecule has 0 unspecified atom stereocenters. The number of halogens is 1. The van der Waals surface area contributed by atoms with Gasteiger partial charge in [-0.05, 0) is 36.8 Å². The van der Waals surface area contributed by atoms with E-state index in [0.717, 1.165) is 10.0 Å². The first-order valence-electron chi connectivity index (χ1n) is 6.42. The van der Waals surface area contributed by atoms with Crippen molar-refractivity contribution in [2.45, 2.75) is 6.92 Å². The summed E-state index contributed by atoms with van der Waals surface area (Å²) in [5.41, 5.74) is 1.57. The van der Waals surface area contributed by atoms with Gasteiger partial charge in [-0.1, -0.05) is 28.1 Å². The van der Waals surface area contributed by atoms with Gasteiger partial charge in [0.05, 0.1) is 12.8 Å². The molecule has 22 heavy (non-hydrogen) atoms. The van der Waals surface area contributed by atoms with Crippen LogP contribution >= 0.6 is 15.9 Å². The molecule has 0 aliphatic carbocycles. The zero-order chi connectivity index (χ0) is 16.3. The fourth-order valence-corrected chi connectivity index (χ4v) is 2.23. The van der Waals surface area contributed by atoms with Gasteiger partial charge < -0.3 is 15.2 Å². The second-order valence-corrected chi connectivity index (χ2v) is 5.47. The van der Waals surface area contributed by atoms with E-state index in [1.165, 1.54) is 19.2 Å². The number of carbonyl (C=O) groups is 2. The molecule has 2 aromatic carbocycles. The van der Waals surface area contributed by atoms with Crippen LogP contribution < -0.4 is 5.32 Å². The molecule has 2 rings (SSSR count). The van der Waals surface area contributed by atoms with Gasteiger partial charge in [0, 0.05) is 10.0 Å². The summed E-state index contributed by atoms with van der Waals surface area (Å²) < 4.78 is 5.39. The molecule has 114 valence electrons. The van der Waals surface area contributed by atoms with Gasteiger partial charge in [0.15, 0.2) is 5.75 Å². The summed E-state index contributed by atoms with van der Waals surface area (Å²) in [5.74, 6) is -1.39. The van der Waals surface area contributed by atoms with Crippen molar-refractivity contribution in [3.8, 4) is 5.75 Å². The van der Waals surface area contributed by atoms with E-state index in [0.29, 0.717) is 5.56 Å². The number of hydrogen-bond acceptors (Lipinski definition) is 4. The van der Waals surface area contributed by atoms with E-state index in [4.69, 9.17) is 0 Å². The lowest BCUT2D eigenvalue weighted by molar-refractivity contribution is 0.0597. The number of aromatic hydroxyl groups is 1. The number of nitrogens with one attached hydrogen (secondary N) is 1. The first-order valence-corrected chi connectivity index (χ1v) is 7.21. The number of rotatable bonds is 3. The van der Waals surface area contributed by atoms with Crippen molar-refractivity contribution in [3.05, 3.63) is 57.6 Å². The molecule has 5 nitrogen and oxygen atoms in total. The molecule has 0 aromatic heterocycles. The van der Waals surface area contributed by atoms with Crippen LogP contribution in [0.15, 0.2) is 40.9 Å². The van der Waals surface area contributed by atoms with E-state index in [-0.39, 0.29) is 17.0 Å². The van der Waals surface area contributed by atoms with Crippen LogP contribution in [-0.2, 0) is 4.74 Å². The Morgan fingerprint density at radius 2 is 1.95 bits per heavy atom. The Hall–Kier alpha value is -2.34. The number of aryl methyl sites for hydroxylation is 1. The Labute approximate surface area is 136 Å². The summed E-state index contributed by atoms with van der Waals surface area (Å²) in [4.78, 5) is 23.7. The second kappa shape index (κ2) is 6.62. The van der Waals surface area contributed by atoms with Gasteiger partial charge in [-0.2, -0.15) is 0 Å². The van der Waals surface area contributed by atoms with Crippen LogP contribution in [0.4, 0.5) is 5.69 Å². The van der Waals surface area contributed by atoms with E-state index in [1.807, 2.05) is 13.0 Å². The van der Waals surface area contributed by atoms with Gasteiger partial charge in [0.2, 0.25) is 0 Å². The first-order chi connectivity index (χ1) is 10.4. The standard InChI is InChI=1S/C16H14BrNO4/c1-9-6-7-10(8-12(9)17)15(20)18-13-5-3-4-11(14(13)19)16(21)22-2/h3-8,19H,1-2H3,(H,18,20). The van der Waals surface area contributed by atoms with Gasteiger partial charge >= 0.3 is 5.97 Å². The average molecular weight is 364 g/mol. The Balaban J connectivity index is 2.28. The SMILES string of the molecule is COC(=O)c1cccc(NC(=O)c2ccc(C)c(Br)c2)c1O. The third-order valence-corrected chi connectivity index (χ3v) is 3.98. The van der Waals surface area contributed by atoms with Crippen LogP contribution in [0.2, 0.25) is 0 Å². The highest BCUT2D eigenvalue weighted by Crippen LogP contribution is 2.28. The van der Waals surface area contributed by atoms with Gasteiger partial charge in [-0.15, -0.1) is 0 Å². The molecular formula is C16H14BrNO4. The van der Waals surface area contributed by atoms with Crippen molar-refractivity contribution in [2.75, 3.05) is 12.4 Å². The molecule has 2 aromatic rings. The molecule has 0 bridgehead atoms. The number of methoxy groups -OCH3 is 1. The zero-order valence-corrected chi connectivity index (χ0v) is 13.6. The molecule has 0 saturated carbocycles. The Morgan fingerprint density at radius 3 is 2.59 bits per heavy atom. The number of carbonyl (C=O) groups excluding carboxylic acids is 2. The molecular weight excluding hydrogens is 350 g/mol. The summed E-state index contributed by atoms with van der Waals surface area (Å²) >= 11 is 3.36. The van der Waals surface area contributed by atoms with Gasteiger partial charge in [0.1, 0.15) is 5.56 Å². The Bertz CT molecular complexity index is 743. The predicted octanol–water partition coefficient (Wildman–Crippen LogP) is 3.50. The van der Waals surface area contributed by atoms with E-state index < -0.39 is 11.9 Å². The summed E-state index contributed by atoms with van der Waals surface area (Å²) in [6, 6.07) is 9.64. The van der Waals surface area contributed by atoms with Gasteiger partial charge in [0.25, 0.3) is 5.91 Å². The number of anilines is 1. The number of benzene rings is 2. The van der Waals surface area contributed by atoms with Crippen molar-refractivity contribution in [3.63, 3.8) is 0 Å². The van der Waals surface area contributed by atoms with Crippen molar-refractivity contribution in [2.24, 2.45) is 0 Å². The van der Waals surface area contributed by atoms with Crippen LogP contribution in [0.25, 0.3) is 0 Å². The maximum absolute atomic E-state index is 12.2. The normalized spacial score (nSPS) is 10.1. The fourth-order valence-electron chi connectivity index (χ4n) is 1.85. The quantitative estimate of drug-likeness (QED) is 0.646. The van der Waals surface area contributed by atoms with Crippen molar-refractivity contribution < 1.29 is 19.4 Å². The average Bonchev–Trinajstić information content (AvgIpc) is 2.51. The second-order valence-electron chi connectivity index (χ2n) is 4.61. The number of amides is 1. The molecule has 0 radical (unpaired) electrons. The molecule has 0 aliphatic heterocycles. The predicted molar refractivity (Wildman–Crippen MR) is 86.3 cm³/mol. The minimum absolute atomic E-state index is 0.00890. The summed E-state index contributed by atoms with van der Waals surface area (Å²) in [5, 5.41) is 12.6.